The molecular weight excluding hydrogens is 312 g/mol. The number of hydrogen-bond acceptors (Lipinski definition) is 4. The second-order valence-electron chi connectivity index (χ2n) is 5.39. The molecular formula is C18H14O4S. The van der Waals surface area contributed by atoms with Crippen molar-refractivity contribution >= 4 is 21.4 Å². The van der Waals surface area contributed by atoms with Crippen molar-refractivity contribution in [3.63, 3.8) is 0 Å². The molecule has 0 unspecified atom stereocenters. The van der Waals surface area contributed by atoms with Gasteiger partial charge in [-0.1, -0.05) is 30.3 Å². The van der Waals surface area contributed by atoms with Gasteiger partial charge in [-0.15, -0.1) is 6.58 Å². The highest BCUT2D eigenvalue weighted by Gasteiger charge is 2.32. The van der Waals surface area contributed by atoms with E-state index in [2.05, 4.69) is 6.58 Å². The van der Waals surface area contributed by atoms with Gasteiger partial charge in [0.15, 0.2) is 21.4 Å². The summed E-state index contributed by atoms with van der Waals surface area (Å²) >= 11 is 0. The summed E-state index contributed by atoms with van der Waals surface area (Å²) < 4.78 is 24.6. The molecule has 0 aliphatic heterocycles. The third-order valence-electron chi connectivity index (χ3n) is 3.98. The van der Waals surface area contributed by atoms with Crippen LogP contribution in [0.2, 0.25) is 0 Å². The van der Waals surface area contributed by atoms with Crippen molar-refractivity contribution in [1.82, 2.24) is 0 Å². The number of rotatable bonds is 3. The molecule has 0 N–H and O–H groups in total. The van der Waals surface area contributed by atoms with Crippen molar-refractivity contribution < 1.29 is 18.0 Å². The van der Waals surface area contributed by atoms with Crippen LogP contribution in [0, 0.1) is 6.92 Å². The second-order valence-corrected chi connectivity index (χ2v) is 7.39. The van der Waals surface area contributed by atoms with E-state index in [0.29, 0.717) is 16.7 Å². The first-order valence-electron chi connectivity index (χ1n) is 7.04. The quantitative estimate of drug-likeness (QED) is 0.694. The molecule has 5 heteroatoms. The average Bonchev–Trinajstić information content (AvgIpc) is 2.52. The summed E-state index contributed by atoms with van der Waals surface area (Å²) in [6.07, 6.45) is 1.30. The Labute approximate surface area is 134 Å². The monoisotopic (exact) mass is 326 g/mol. The van der Waals surface area contributed by atoms with Crippen LogP contribution in [-0.4, -0.2) is 25.7 Å². The lowest BCUT2D eigenvalue weighted by Gasteiger charge is -2.20. The Morgan fingerprint density at radius 2 is 1.57 bits per heavy atom. The van der Waals surface area contributed by atoms with Gasteiger partial charge in [-0.3, -0.25) is 9.59 Å². The van der Waals surface area contributed by atoms with Gasteiger partial charge in [0, 0.05) is 22.3 Å². The summed E-state index contributed by atoms with van der Waals surface area (Å²) in [5, 5.41) is 0. The summed E-state index contributed by atoms with van der Waals surface area (Å²) in [6.45, 7) is 5.01. The Morgan fingerprint density at radius 3 is 2.17 bits per heavy atom. The molecule has 0 bridgehead atoms. The molecule has 3 rings (SSSR count). The van der Waals surface area contributed by atoms with Gasteiger partial charge in [0.2, 0.25) is 0 Å². The third-order valence-corrected chi connectivity index (χ3v) is 5.76. The molecule has 0 heterocycles. The van der Waals surface area contributed by atoms with Gasteiger partial charge < -0.3 is 0 Å². The third kappa shape index (κ3) is 2.24. The molecule has 0 amide bonds. The van der Waals surface area contributed by atoms with Crippen LogP contribution in [0.3, 0.4) is 0 Å². The highest BCUT2D eigenvalue weighted by atomic mass is 32.2. The normalized spacial score (nSPS) is 13.4. The molecule has 116 valence electrons. The number of ketones is 2. The molecule has 1 aliphatic carbocycles. The molecule has 1 aliphatic rings. The number of hydrogen-bond donors (Lipinski definition) is 0. The molecule has 0 fully saturated rings. The maximum Gasteiger partial charge on any atom is 0.194 e. The predicted molar refractivity (Wildman–Crippen MR) is 86.7 cm³/mol. The minimum Gasteiger partial charge on any atom is -0.289 e. The molecule has 2 aromatic carbocycles. The van der Waals surface area contributed by atoms with Gasteiger partial charge in [-0.2, -0.15) is 0 Å². The number of sulfone groups is 1. The van der Waals surface area contributed by atoms with Crippen molar-refractivity contribution in [3.05, 3.63) is 76.9 Å². The van der Waals surface area contributed by atoms with Crippen LogP contribution in [0.25, 0.3) is 0 Å². The van der Waals surface area contributed by atoms with E-state index in [1.54, 1.807) is 31.2 Å². The zero-order valence-corrected chi connectivity index (χ0v) is 13.3. The highest BCUT2D eigenvalue weighted by Crippen LogP contribution is 2.32. The fourth-order valence-electron chi connectivity index (χ4n) is 2.92. The highest BCUT2D eigenvalue weighted by molar-refractivity contribution is 7.91. The van der Waals surface area contributed by atoms with Crippen LogP contribution in [0.15, 0.2) is 53.9 Å². The van der Waals surface area contributed by atoms with Crippen molar-refractivity contribution in [2.45, 2.75) is 11.8 Å². The Balaban J connectivity index is 2.29. The van der Waals surface area contributed by atoms with Crippen molar-refractivity contribution in [2.24, 2.45) is 0 Å². The molecule has 0 saturated carbocycles. The molecule has 0 saturated heterocycles. The molecule has 4 nitrogen and oxygen atoms in total. The zero-order chi connectivity index (χ0) is 16.8. The maximum absolute atomic E-state index is 12.7. The lowest BCUT2D eigenvalue weighted by molar-refractivity contribution is 0.0978. The minimum atomic E-state index is -3.57. The largest absolute Gasteiger partial charge is 0.289 e. The Kier molecular flexibility index (Phi) is 3.53. The van der Waals surface area contributed by atoms with Crippen LogP contribution in [0.5, 0.6) is 0 Å². The zero-order valence-electron chi connectivity index (χ0n) is 12.5. The van der Waals surface area contributed by atoms with E-state index in [1.165, 1.54) is 18.2 Å². The Morgan fingerprint density at radius 1 is 0.957 bits per heavy atom. The first-order chi connectivity index (χ1) is 10.9. The number of carbonyl (C=O) groups excluding carboxylic acids is 2. The molecule has 0 radical (unpaired) electrons. The smallest absolute Gasteiger partial charge is 0.194 e. The number of benzene rings is 2. The summed E-state index contributed by atoms with van der Waals surface area (Å²) in [5.74, 6) is -0.792. The van der Waals surface area contributed by atoms with Crippen LogP contribution >= 0.6 is 0 Å². The lowest BCUT2D eigenvalue weighted by atomic mass is 9.82. The number of fused-ring (bicyclic) bond motifs is 2. The van der Waals surface area contributed by atoms with E-state index in [-0.39, 0.29) is 33.3 Å². The van der Waals surface area contributed by atoms with Gasteiger partial charge in [-0.05, 0) is 24.6 Å². The Hall–Kier alpha value is -2.53. The molecule has 23 heavy (non-hydrogen) atoms. The lowest BCUT2D eigenvalue weighted by Crippen LogP contribution is -2.23. The van der Waals surface area contributed by atoms with Crippen molar-refractivity contribution in [3.8, 4) is 0 Å². The van der Waals surface area contributed by atoms with E-state index in [4.69, 9.17) is 0 Å². The van der Waals surface area contributed by atoms with E-state index in [1.807, 2.05) is 0 Å². The van der Waals surface area contributed by atoms with Gasteiger partial charge in [0.25, 0.3) is 0 Å². The van der Waals surface area contributed by atoms with E-state index < -0.39 is 9.84 Å². The van der Waals surface area contributed by atoms with Crippen molar-refractivity contribution in [2.75, 3.05) is 5.75 Å². The fraction of sp³-hybridized carbons (Fsp3) is 0.111. The topological polar surface area (TPSA) is 68.3 Å². The molecule has 2 aromatic rings. The van der Waals surface area contributed by atoms with E-state index in [0.717, 1.165) is 0 Å². The SMILES string of the molecule is C=CCS(=O)(=O)c1ccc2c(c1C)C(=O)c1ccccc1C2=O. The summed E-state index contributed by atoms with van der Waals surface area (Å²) in [7, 11) is -3.57. The van der Waals surface area contributed by atoms with Crippen LogP contribution < -0.4 is 0 Å². The molecule has 0 atom stereocenters. The predicted octanol–water partition coefficient (Wildman–Crippen LogP) is 2.73. The molecule has 0 aromatic heterocycles. The van der Waals surface area contributed by atoms with Gasteiger partial charge in [-0.25, -0.2) is 8.42 Å². The standard InChI is InChI=1S/C18H14O4S/c1-3-10-23(21,22)15-9-8-14-16(11(15)2)18(20)13-7-5-4-6-12(13)17(14)19/h3-9H,1,10H2,2H3. The van der Waals surface area contributed by atoms with Gasteiger partial charge in [0.05, 0.1) is 10.6 Å². The van der Waals surface area contributed by atoms with Crippen LogP contribution in [0.1, 0.15) is 37.4 Å². The average molecular weight is 326 g/mol. The van der Waals surface area contributed by atoms with Gasteiger partial charge >= 0.3 is 0 Å². The van der Waals surface area contributed by atoms with Crippen LogP contribution in [0.4, 0.5) is 0 Å². The minimum absolute atomic E-state index is 0.0664. The fourth-order valence-corrected chi connectivity index (χ4v) is 4.25. The first-order valence-corrected chi connectivity index (χ1v) is 8.69. The second kappa shape index (κ2) is 5.28. The van der Waals surface area contributed by atoms with E-state index >= 15 is 0 Å². The van der Waals surface area contributed by atoms with E-state index in [9.17, 15) is 18.0 Å². The van der Waals surface area contributed by atoms with Crippen molar-refractivity contribution in [1.29, 1.82) is 0 Å². The number of carbonyl (C=O) groups is 2. The first kappa shape index (κ1) is 15.4. The maximum atomic E-state index is 12.7. The van der Waals surface area contributed by atoms with Crippen LogP contribution in [-0.2, 0) is 9.84 Å². The summed E-state index contributed by atoms with van der Waals surface area (Å²) in [4.78, 5) is 25.4. The van der Waals surface area contributed by atoms with Gasteiger partial charge in [0.1, 0.15) is 0 Å². The Bertz CT molecular complexity index is 969. The summed E-state index contributed by atoms with van der Waals surface area (Å²) in [6, 6.07) is 9.40. The summed E-state index contributed by atoms with van der Waals surface area (Å²) in [5.41, 5.74) is 1.41. The molecule has 0 spiro atoms.